The normalized spacial score (nSPS) is 10.7. The number of carbonyl (C=O) groups excluding carboxylic acids is 1. The van der Waals surface area contributed by atoms with Gasteiger partial charge in [0.25, 0.3) is 0 Å². The van der Waals surface area contributed by atoms with Gasteiger partial charge in [0.1, 0.15) is 24.0 Å². The molecule has 0 bridgehead atoms. The lowest BCUT2D eigenvalue weighted by Gasteiger charge is -2.08. The number of amides is 2. The second kappa shape index (κ2) is 7.97. The second-order valence-corrected chi connectivity index (χ2v) is 6.22. The zero-order valence-corrected chi connectivity index (χ0v) is 15.1. The van der Waals surface area contributed by atoms with Gasteiger partial charge in [0.2, 0.25) is 0 Å². The number of aromatic amines is 1. The third-order valence-corrected chi connectivity index (χ3v) is 4.24. The number of aromatic nitrogens is 2. The molecule has 3 N–H and O–H groups in total. The fourth-order valence-electron chi connectivity index (χ4n) is 2.78. The molecule has 6 nitrogen and oxygen atoms in total. The van der Waals surface area contributed by atoms with Gasteiger partial charge >= 0.3 is 6.03 Å². The van der Waals surface area contributed by atoms with E-state index in [1.165, 1.54) is 24.3 Å². The molecule has 2 amide bonds. The summed E-state index contributed by atoms with van der Waals surface area (Å²) in [6.45, 7) is 0.0621. The number of anilines is 2. The molecule has 1 heterocycles. The number of nitrogens with zero attached hydrogens (tertiary/aromatic N) is 1. The van der Waals surface area contributed by atoms with E-state index >= 15 is 0 Å². The Labute approximate surface area is 164 Å². The lowest BCUT2D eigenvalue weighted by Crippen LogP contribution is -2.20. The number of urea groups is 1. The third-order valence-electron chi connectivity index (χ3n) is 4.24. The number of hydrogen-bond acceptors (Lipinski definition) is 3. The molecule has 0 saturated heterocycles. The van der Waals surface area contributed by atoms with Crippen molar-refractivity contribution in [2.24, 2.45) is 0 Å². The SMILES string of the molecule is O=C(Nc1ccccc1F)Nc1n[nH]c2ccc(OCc3ccccc3F)cc12. The van der Waals surface area contributed by atoms with Crippen LogP contribution in [0.25, 0.3) is 10.9 Å². The van der Waals surface area contributed by atoms with Crippen LogP contribution in [0, 0.1) is 11.6 Å². The van der Waals surface area contributed by atoms with Crippen molar-refractivity contribution in [1.29, 1.82) is 0 Å². The van der Waals surface area contributed by atoms with E-state index in [1.807, 2.05) is 0 Å². The molecular formula is C21H16F2N4O2. The molecule has 0 radical (unpaired) electrons. The Hall–Kier alpha value is -3.94. The molecule has 146 valence electrons. The first-order chi connectivity index (χ1) is 14.1. The molecule has 3 aromatic carbocycles. The molecular weight excluding hydrogens is 378 g/mol. The van der Waals surface area contributed by atoms with Crippen LogP contribution >= 0.6 is 0 Å². The summed E-state index contributed by atoms with van der Waals surface area (Å²) in [5.41, 5.74) is 1.16. The van der Waals surface area contributed by atoms with Gasteiger partial charge in [-0.3, -0.25) is 10.4 Å². The predicted molar refractivity (Wildman–Crippen MR) is 106 cm³/mol. The molecule has 0 spiro atoms. The topological polar surface area (TPSA) is 79.0 Å². The van der Waals surface area contributed by atoms with Crippen molar-refractivity contribution in [3.8, 4) is 5.75 Å². The van der Waals surface area contributed by atoms with Gasteiger partial charge in [-0.05, 0) is 36.4 Å². The highest BCUT2D eigenvalue weighted by molar-refractivity contribution is 6.04. The third kappa shape index (κ3) is 4.16. The van der Waals surface area contributed by atoms with Crippen molar-refractivity contribution < 1.29 is 18.3 Å². The summed E-state index contributed by atoms with van der Waals surface area (Å²) in [5, 5.41) is 12.5. The zero-order chi connectivity index (χ0) is 20.2. The van der Waals surface area contributed by atoms with Crippen LogP contribution in [0.15, 0.2) is 66.7 Å². The van der Waals surface area contributed by atoms with Gasteiger partial charge in [0, 0.05) is 10.9 Å². The van der Waals surface area contributed by atoms with Crippen LogP contribution in [-0.4, -0.2) is 16.2 Å². The molecule has 0 atom stereocenters. The number of rotatable bonds is 5. The molecule has 0 fully saturated rings. The van der Waals surface area contributed by atoms with Crippen LogP contribution in [0.4, 0.5) is 25.1 Å². The molecule has 4 rings (SSSR count). The van der Waals surface area contributed by atoms with Crippen LogP contribution in [0.3, 0.4) is 0 Å². The Balaban J connectivity index is 1.49. The number of ether oxygens (including phenoxy) is 1. The average Bonchev–Trinajstić information content (AvgIpc) is 3.11. The first-order valence-corrected chi connectivity index (χ1v) is 8.77. The maximum Gasteiger partial charge on any atom is 0.324 e. The fourth-order valence-corrected chi connectivity index (χ4v) is 2.78. The molecule has 8 heteroatoms. The van der Waals surface area contributed by atoms with E-state index in [1.54, 1.807) is 42.5 Å². The molecule has 0 unspecified atom stereocenters. The van der Waals surface area contributed by atoms with E-state index < -0.39 is 11.8 Å². The van der Waals surface area contributed by atoms with Crippen LogP contribution in [-0.2, 0) is 6.61 Å². The van der Waals surface area contributed by atoms with E-state index in [0.29, 0.717) is 22.2 Å². The van der Waals surface area contributed by atoms with Gasteiger partial charge in [0.05, 0.1) is 11.2 Å². The summed E-state index contributed by atoms with van der Waals surface area (Å²) >= 11 is 0. The number of H-pyrrole nitrogens is 1. The fraction of sp³-hybridized carbons (Fsp3) is 0.0476. The van der Waals surface area contributed by atoms with Crippen molar-refractivity contribution in [1.82, 2.24) is 10.2 Å². The zero-order valence-electron chi connectivity index (χ0n) is 15.1. The van der Waals surface area contributed by atoms with Crippen molar-refractivity contribution >= 4 is 28.4 Å². The van der Waals surface area contributed by atoms with Gasteiger partial charge < -0.3 is 10.1 Å². The largest absolute Gasteiger partial charge is 0.489 e. The Bertz CT molecular complexity index is 1180. The first-order valence-electron chi connectivity index (χ1n) is 8.77. The molecule has 29 heavy (non-hydrogen) atoms. The van der Waals surface area contributed by atoms with Crippen LogP contribution in [0.1, 0.15) is 5.56 Å². The van der Waals surface area contributed by atoms with Crippen LogP contribution in [0.2, 0.25) is 0 Å². The van der Waals surface area contributed by atoms with Gasteiger partial charge in [0.15, 0.2) is 5.82 Å². The van der Waals surface area contributed by atoms with Crippen molar-refractivity contribution in [2.75, 3.05) is 10.6 Å². The van der Waals surface area contributed by atoms with Gasteiger partial charge in [-0.2, -0.15) is 5.10 Å². The molecule has 0 saturated carbocycles. The minimum absolute atomic E-state index is 0.0544. The van der Waals surface area contributed by atoms with E-state index in [2.05, 4.69) is 20.8 Å². The predicted octanol–water partition coefficient (Wildman–Crippen LogP) is 5.06. The van der Waals surface area contributed by atoms with E-state index in [9.17, 15) is 13.6 Å². The van der Waals surface area contributed by atoms with Gasteiger partial charge in [-0.1, -0.05) is 30.3 Å². The summed E-state index contributed by atoms with van der Waals surface area (Å²) in [4.78, 5) is 12.2. The highest BCUT2D eigenvalue weighted by atomic mass is 19.1. The number of fused-ring (bicyclic) bond motifs is 1. The number of para-hydroxylation sites is 1. The molecule has 4 aromatic rings. The van der Waals surface area contributed by atoms with Gasteiger partial charge in [-0.25, -0.2) is 13.6 Å². The minimum Gasteiger partial charge on any atom is -0.489 e. The molecule has 0 aliphatic heterocycles. The number of carbonyl (C=O) groups is 1. The second-order valence-electron chi connectivity index (χ2n) is 6.22. The Morgan fingerprint density at radius 2 is 1.72 bits per heavy atom. The highest BCUT2D eigenvalue weighted by Gasteiger charge is 2.12. The van der Waals surface area contributed by atoms with Crippen LogP contribution in [0.5, 0.6) is 5.75 Å². The van der Waals surface area contributed by atoms with Crippen molar-refractivity contribution in [2.45, 2.75) is 6.61 Å². The molecule has 0 aliphatic carbocycles. The smallest absolute Gasteiger partial charge is 0.324 e. The molecule has 1 aromatic heterocycles. The average molecular weight is 394 g/mol. The van der Waals surface area contributed by atoms with Crippen LogP contribution < -0.4 is 15.4 Å². The lowest BCUT2D eigenvalue weighted by atomic mass is 10.2. The number of nitrogens with one attached hydrogen (secondary N) is 3. The quantitative estimate of drug-likeness (QED) is 0.442. The standard InChI is InChI=1S/C21H16F2N4O2/c22-16-6-2-1-5-13(16)12-29-14-9-10-18-15(11-14)20(27-26-18)25-21(28)24-19-8-4-3-7-17(19)23/h1-11H,12H2,(H3,24,25,26,27,28). The summed E-state index contributed by atoms with van der Waals surface area (Å²) in [6.07, 6.45) is 0. The van der Waals surface area contributed by atoms with Crippen molar-refractivity contribution in [3.63, 3.8) is 0 Å². The summed E-state index contributed by atoms with van der Waals surface area (Å²) in [5.74, 6) is -0.146. The van der Waals surface area contributed by atoms with Crippen molar-refractivity contribution in [3.05, 3.63) is 83.9 Å². The highest BCUT2D eigenvalue weighted by Crippen LogP contribution is 2.26. The Morgan fingerprint density at radius 3 is 2.52 bits per heavy atom. The van der Waals surface area contributed by atoms with Gasteiger partial charge in [-0.15, -0.1) is 0 Å². The maximum absolute atomic E-state index is 13.7. The Morgan fingerprint density at radius 1 is 0.966 bits per heavy atom. The lowest BCUT2D eigenvalue weighted by molar-refractivity contribution is 0.262. The summed E-state index contributed by atoms with van der Waals surface area (Å²) in [6, 6.07) is 16.7. The summed E-state index contributed by atoms with van der Waals surface area (Å²) in [7, 11) is 0. The molecule has 0 aliphatic rings. The number of hydrogen-bond donors (Lipinski definition) is 3. The monoisotopic (exact) mass is 394 g/mol. The van der Waals surface area contributed by atoms with E-state index in [4.69, 9.17) is 4.74 Å². The first kappa shape index (κ1) is 18.4. The number of halogens is 2. The van der Waals surface area contributed by atoms with E-state index in [-0.39, 0.29) is 23.9 Å². The minimum atomic E-state index is -0.638. The maximum atomic E-state index is 13.7. The number of benzene rings is 3. The van der Waals surface area contributed by atoms with E-state index in [0.717, 1.165) is 0 Å². The Kier molecular flexibility index (Phi) is 5.07. The summed E-state index contributed by atoms with van der Waals surface area (Å²) < 4.78 is 33.1.